The maximum atomic E-state index is 12.6. The van der Waals surface area contributed by atoms with E-state index in [-0.39, 0.29) is 24.3 Å². The fourth-order valence-electron chi connectivity index (χ4n) is 8.99. The Morgan fingerprint density at radius 2 is 1.17 bits per heavy atom. The molecule has 4 heterocycles. The van der Waals surface area contributed by atoms with E-state index in [0.717, 1.165) is 147 Å². The summed E-state index contributed by atoms with van der Waals surface area (Å²) in [4.78, 5) is 40.0. The van der Waals surface area contributed by atoms with E-state index in [9.17, 15) is 14.4 Å². The van der Waals surface area contributed by atoms with E-state index < -0.39 is 0 Å². The second-order valence-corrected chi connectivity index (χ2v) is 20.1. The Labute approximate surface area is 385 Å². The predicted octanol–water partition coefficient (Wildman–Crippen LogP) is 5.08. The Hall–Kier alpha value is -3.65. The number of ether oxygens (including phenoxy) is 1. The van der Waals surface area contributed by atoms with E-state index in [2.05, 4.69) is 60.2 Å². The van der Waals surface area contributed by atoms with E-state index in [1.165, 1.54) is 5.56 Å². The summed E-state index contributed by atoms with van der Waals surface area (Å²) in [7, 11) is 0. The van der Waals surface area contributed by atoms with Gasteiger partial charge in [0.15, 0.2) is 11.9 Å². The summed E-state index contributed by atoms with van der Waals surface area (Å²) in [5.74, 6) is 5.63. The summed E-state index contributed by atoms with van der Waals surface area (Å²) in [6.07, 6.45) is 23.6. The lowest BCUT2D eigenvalue weighted by Gasteiger charge is -2.23. The quantitative estimate of drug-likeness (QED) is 0.0337. The number of unbranched alkanes of at least 4 members (excludes halogenated alkanes) is 10. The number of hydrogen-bond donors (Lipinski definition) is 9. The molecule has 0 aromatic heterocycles. The van der Waals surface area contributed by atoms with Crippen molar-refractivity contribution in [1.29, 1.82) is 10.8 Å². The second-order valence-electron chi connectivity index (χ2n) is 17.5. The number of amides is 3. The lowest BCUT2D eigenvalue weighted by Crippen LogP contribution is -2.36. The minimum Gasteiger partial charge on any atom is -0.367 e. The highest BCUT2D eigenvalue weighted by Crippen LogP contribution is 2.34. The van der Waals surface area contributed by atoms with E-state index in [4.69, 9.17) is 22.0 Å². The zero-order valence-electron chi connectivity index (χ0n) is 37.5. The largest absolute Gasteiger partial charge is 0.367 e. The number of nitrogens with one attached hydrogen (secondary N) is 9. The summed E-state index contributed by atoms with van der Waals surface area (Å²) in [5.41, 5.74) is 1.83. The van der Waals surface area contributed by atoms with Gasteiger partial charge >= 0.3 is 0 Å². The number of terminal acetylenes is 1. The molecule has 4 saturated heterocycles. The molecule has 1 aromatic rings. The average molecular weight is 909 g/mol. The molecule has 16 heteroatoms. The minimum absolute atomic E-state index is 0.118. The molecule has 0 bridgehead atoms. The minimum atomic E-state index is -0.118. The molecule has 3 amide bonds. The fraction of sp³-hybridized carbons (Fsp3) is 0.723. The molecule has 1 aromatic carbocycles. The SMILES string of the molecule is C#CCOCCNC(=O)c1ccc(CN(CCCCCCCNC(=O)CCCCC2SCC3NC(=N)NC32)CCCCCCCNC(=O)CCCCC2SCC3NC(=N)NC32)cc1. The van der Waals surface area contributed by atoms with Crippen LogP contribution in [0.2, 0.25) is 0 Å². The molecule has 63 heavy (non-hydrogen) atoms. The van der Waals surface area contributed by atoms with Crippen LogP contribution in [0.25, 0.3) is 0 Å². The van der Waals surface area contributed by atoms with E-state index >= 15 is 0 Å². The molecule has 4 fully saturated rings. The van der Waals surface area contributed by atoms with Gasteiger partial charge in [0, 0.05) is 66.6 Å². The highest BCUT2D eigenvalue weighted by atomic mass is 32.2. The fourth-order valence-corrected chi connectivity index (χ4v) is 12.1. The highest BCUT2D eigenvalue weighted by Gasteiger charge is 2.42. The first-order chi connectivity index (χ1) is 30.8. The van der Waals surface area contributed by atoms with Gasteiger partial charge in [0.2, 0.25) is 11.8 Å². The van der Waals surface area contributed by atoms with Crippen LogP contribution in [0.3, 0.4) is 0 Å². The molecule has 0 aliphatic carbocycles. The number of guanidine groups is 2. The zero-order valence-corrected chi connectivity index (χ0v) is 39.2. The van der Waals surface area contributed by atoms with Gasteiger partial charge in [-0.1, -0.05) is 69.4 Å². The van der Waals surface area contributed by atoms with Gasteiger partial charge in [-0.2, -0.15) is 23.5 Å². The summed E-state index contributed by atoms with van der Waals surface area (Å²) < 4.78 is 5.25. The third-order valence-electron chi connectivity index (χ3n) is 12.5. The van der Waals surface area contributed by atoms with Crippen molar-refractivity contribution >= 4 is 53.2 Å². The van der Waals surface area contributed by atoms with E-state index in [1.807, 2.05) is 35.7 Å². The third-order valence-corrected chi connectivity index (χ3v) is 15.5. The molecule has 0 saturated carbocycles. The average Bonchev–Trinajstić information content (AvgIpc) is 4.04. The highest BCUT2D eigenvalue weighted by molar-refractivity contribution is 8.00. The first-order valence-corrected chi connectivity index (χ1v) is 26.0. The van der Waals surface area contributed by atoms with Crippen molar-refractivity contribution in [3.8, 4) is 12.3 Å². The Morgan fingerprint density at radius 3 is 1.70 bits per heavy atom. The summed E-state index contributed by atoms with van der Waals surface area (Å²) in [5, 5.41) is 38.8. The van der Waals surface area contributed by atoms with Crippen LogP contribution in [-0.4, -0.2) is 127 Å². The number of rotatable bonds is 33. The topological polar surface area (TPSA) is 196 Å². The molecule has 14 nitrogen and oxygen atoms in total. The first-order valence-electron chi connectivity index (χ1n) is 23.9. The Balaban J connectivity index is 0.899. The van der Waals surface area contributed by atoms with Gasteiger partial charge in [0.05, 0.1) is 30.8 Å². The van der Waals surface area contributed by atoms with Gasteiger partial charge in [0.1, 0.15) is 6.61 Å². The van der Waals surface area contributed by atoms with Gasteiger partial charge in [-0.25, -0.2) is 0 Å². The van der Waals surface area contributed by atoms with Crippen molar-refractivity contribution in [2.24, 2.45) is 0 Å². The van der Waals surface area contributed by atoms with Crippen LogP contribution >= 0.6 is 23.5 Å². The smallest absolute Gasteiger partial charge is 0.251 e. The number of carbonyl (C=O) groups is 3. The summed E-state index contributed by atoms with van der Waals surface area (Å²) in [6, 6.07) is 9.37. The van der Waals surface area contributed by atoms with Crippen molar-refractivity contribution in [2.45, 2.75) is 157 Å². The lowest BCUT2D eigenvalue weighted by atomic mass is 10.0. The number of hydrogen-bond acceptors (Lipinski definition) is 9. The van der Waals surface area contributed by atoms with Crippen LogP contribution in [-0.2, 0) is 20.9 Å². The molecule has 4 aliphatic rings. The second kappa shape index (κ2) is 29.0. The number of carbonyl (C=O) groups excluding carboxylic acids is 3. The van der Waals surface area contributed by atoms with Gasteiger partial charge < -0.3 is 42.0 Å². The van der Waals surface area contributed by atoms with Gasteiger partial charge in [-0.3, -0.25) is 30.1 Å². The van der Waals surface area contributed by atoms with E-state index in [1.54, 1.807) is 0 Å². The van der Waals surface area contributed by atoms with Crippen LogP contribution in [0.1, 0.15) is 131 Å². The first kappa shape index (κ1) is 50.4. The van der Waals surface area contributed by atoms with Crippen LogP contribution in [0.15, 0.2) is 24.3 Å². The van der Waals surface area contributed by atoms with Crippen LogP contribution in [0.5, 0.6) is 0 Å². The number of fused-ring (bicyclic) bond motifs is 2. The molecule has 5 rings (SSSR count). The van der Waals surface area contributed by atoms with Crippen molar-refractivity contribution in [2.75, 3.05) is 57.4 Å². The maximum absolute atomic E-state index is 12.6. The molecular weight excluding hydrogens is 833 g/mol. The Bertz CT molecular complexity index is 1540. The molecular formula is C47H76N10O4S2. The van der Waals surface area contributed by atoms with E-state index in [0.29, 0.717) is 78.1 Å². The Kier molecular flexibility index (Phi) is 23.2. The van der Waals surface area contributed by atoms with Gasteiger partial charge in [-0.15, -0.1) is 6.42 Å². The van der Waals surface area contributed by atoms with Crippen molar-refractivity contribution in [3.63, 3.8) is 0 Å². The van der Waals surface area contributed by atoms with Gasteiger partial charge in [-0.05, 0) is 82.2 Å². The van der Waals surface area contributed by atoms with Crippen LogP contribution in [0.4, 0.5) is 0 Å². The van der Waals surface area contributed by atoms with Gasteiger partial charge in [0.25, 0.3) is 5.91 Å². The number of benzene rings is 1. The molecule has 0 spiro atoms. The van der Waals surface area contributed by atoms with Crippen molar-refractivity contribution < 1.29 is 19.1 Å². The lowest BCUT2D eigenvalue weighted by molar-refractivity contribution is -0.122. The van der Waals surface area contributed by atoms with Crippen molar-refractivity contribution in [3.05, 3.63) is 35.4 Å². The molecule has 6 unspecified atom stereocenters. The predicted molar refractivity (Wildman–Crippen MR) is 258 cm³/mol. The standard InChI is InChI=1S/C47H76N10O4S2/c1-2-30-61-31-27-52-45(60)36-23-21-35(22-24-36)32-57(28-15-7-3-5-13-25-50-41(58)19-11-9-17-39-43-37(33-62-39)53-46(48)55-43)29-16-8-4-6-14-26-51-42(59)20-12-10-18-40-44-38(34-63-40)54-47(49)56-44/h1,21-24,37-40,43-44H,3-20,25-34H2,(H,50,58)(H,51,59)(H,52,60)(H3,48,53,55)(H3,49,54,56). The number of nitrogens with zero attached hydrogens (tertiary/aromatic N) is 1. The molecule has 4 aliphatic heterocycles. The van der Waals surface area contributed by atoms with Crippen LogP contribution < -0.4 is 37.2 Å². The molecule has 350 valence electrons. The summed E-state index contributed by atoms with van der Waals surface area (Å²) in [6.45, 7) is 5.43. The monoisotopic (exact) mass is 909 g/mol. The van der Waals surface area contributed by atoms with Crippen LogP contribution in [0, 0.1) is 23.2 Å². The maximum Gasteiger partial charge on any atom is 0.251 e. The summed E-state index contributed by atoms with van der Waals surface area (Å²) >= 11 is 3.96. The number of thioether (sulfide) groups is 2. The molecule has 0 radical (unpaired) electrons. The molecule has 9 N–H and O–H groups in total. The van der Waals surface area contributed by atoms with Crippen molar-refractivity contribution in [1.82, 2.24) is 42.1 Å². The normalized spacial score (nSPS) is 22.1. The Morgan fingerprint density at radius 1 is 0.667 bits per heavy atom. The third kappa shape index (κ3) is 18.8. The molecule has 6 atom stereocenters. The zero-order chi connectivity index (χ0) is 44.5.